The number of hydrogen-bond acceptors (Lipinski definition) is 5. The SMILES string of the molecule is CC(CC(=O)Nc1ccc2nc(N3CCCC3)sc2c1)NC(=O)c1ccccc1. The summed E-state index contributed by atoms with van der Waals surface area (Å²) in [6.45, 7) is 3.96. The maximum Gasteiger partial charge on any atom is 0.251 e. The molecule has 29 heavy (non-hydrogen) atoms. The van der Waals surface area contributed by atoms with Gasteiger partial charge < -0.3 is 15.5 Å². The minimum absolute atomic E-state index is 0.130. The monoisotopic (exact) mass is 408 g/mol. The van der Waals surface area contributed by atoms with Crippen LogP contribution in [0.3, 0.4) is 0 Å². The van der Waals surface area contributed by atoms with Crippen molar-refractivity contribution >= 4 is 44.2 Å². The van der Waals surface area contributed by atoms with Crippen molar-refractivity contribution in [3.63, 3.8) is 0 Å². The third-order valence-electron chi connectivity index (χ3n) is 4.94. The van der Waals surface area contributed by atoms with Gasteiger partial charge in [-0.25, -0.2) is 4.98 Å². The van der Waals surface area contributed by atoms with Gasteiger partial charge in [-0.3, -0.25) is 9.59 Å². The zero-order valence-corrected chi connectivity index (χ0v) is 17.2. The lowest BCUT2D eigenvalue weighted by atomic mass is 10.1. The predicted molar refractivity (Wildman–Crippen MR) is 118 cm³/mol. The molecular formula is C22H24N4O2S. The highest BCUT2D eigenvalue weighted by Crippen LogP contribution is 2.32. The van der Waals surface area contributed by atoms with Crippen LogP contribution in [0.1, 0.15) is 36.5 Å². The van der Waals surface area contributed by atoms with Gasteiger partial charge in [-0.2, -0.15) is 0 Å². The third-order valence-corrected chi connectivity index (χ3v) is 6.02. The standard InChI is InChI=1S/C22H24N4O2S/c1-15(23-21(28)16-7-3-2-4-8-16)13-20(27)24-17-9-10-18-19(14-17)29-22(25-18)26-11-5-6-12-26/h2-4,7-10,14-15H,5-6,11-13H2,1H3,(H,23,28)(H,24,27). The Bertz CT molecular complexity index is 1010. The average Bonchev–Trinajstić information content (AvgIpc) is 3.37. The Balaban J connectivity index is 1.35. The van der Waals surface area contributed by atoms with Crippen LogP contribution in [-0.4, -0.2) is 35.9 Å². The van der Waals surface area contributed by atoms with Crippen molar-refractivity contribution in [3.8, 4) is 0 Å². The highest BCUT2D eigenvalue weighted by molar-refractivity contribution is 7.22. The fraction of sp³-hybridized carbons (Fsp3) is 0.318. The fourth-order valence-corrected chi connectivity index (χ4v) is 4.53. The van der Waals surface area contributed by atoms with E-state index in [1.165, 1.54) is 12.8 Å². The Kier molecular flexibility index (Phi) is 5.76. The second-order valence-corrected chi connectivity index (χ2v) is 8.38. The summed E-state index contributed by atoms with van der Waals surface area (Å²) in [7, 11) is 0. The van der Waals surface area contributed by atoms with Gasteiger partial charge in [0.1, 0.15) is 0 Å². The quantitative estimate of drug-likeness (QED) is 0.645. The van der Waals surface area contributed by atoms with Crippen molar-refractivity contribution in [2.24, 2.45) is 0 Å². The molecule has 2 amide bonds. The highest BCUT2D eigenvalue weighted by Gasteiger charge is 2.17. The molecule has 6 nitrogen and oxygen atoms in total. The lowest BCUT2D eigenvalue weighted by Gasteiger charge is -2.14. The summed E-state index contributed by atoms with van der Waals surface area (Å²) in [5.41, 5.74) is 2.29. The molecule has 1 unspecified atom stereocenters. The van der Waals surface area contributed by atoms with Crippen LogP contribution in [0.2, 0.25) is 0 Å². The second kappa shape index (κ2) is 8.61. The molecule has 2 N–H and O–H groups in total. The van der Waals surface area contributed by atoms with E-state index in [2.05, 4.69) is 15.5 Å². The van der Waals surface area contributed by atoms with Crippen molar-refractivity contribution < 1.29 is 9.59 Å². The van der Waals surface area contributed by atoms with Gasteiger partial charge in [0.05, 0.1) is 10.2 Å². The highest BCUT2D eigenvalue weighted by atomic mass is 32.1. The summed E-state index contributed by atoms with van der Waals surface area (Å²) < 4.78 is 1.06. The smallest absolute Gasteiger partial charge is 0.251 e. The number of fused-ring (bicyclic) bond motifs is 1. The Morgan fingerprint density at radius 3 is 2.66 bits per heavy atom. The molecular weight excluding hydrogens is 384 g/mol. The number of carbonyl (C=O) groups excluding carboxylic acids is 2. The van der Waals surface area contributed by atoms with Gasteiger partial charge in [0.25, 0.3) is 5.91 Å². The van der Waals surface area contributed by atoms with E-state index in [0.717, 1.165) is 34.1 Å². The summed E-state index contributed by atoms with van der Waals surface area (Å²) >= 11 is 1.66. The molecule has 0 saturated carbocycles. The van der Waals surface area contributed by atoms with Crippen LogP contribution in [0.15, 0.2) is 48.5 Å². The molecule has 1 aromatic heterocycles. The molecule has 3 aromatic rings. The number of benzene rings is 2. The molecule has 1 saturated heterocycles. The molecule has 1 atom stereocenters. The van der Waals surface area contributed by atoms with E-state index in [9.17, 15) is 9.59 Å². The Morgan fingerprint density at radius 1 is 1.14 bits per heavy atom. The van der Waals surface area contributed by atoms with Crippen LogP contribution < -0.4 is 15.5 Å². The summed E-state index contributed by atoms with van der Waals surface area (Å²) in [5.74, 6) is -0.305. The first-order valence-electron chi connectivity index (χ1n) is 9.90. The molecule has 150 valence electrons. The Hall–Kier alpha value is -2.93. The topological polar surface area (TPSA) is 74.3 Å². The average molecular weight is 409 g/mol. The molecule has 0 radical (unpaired) electrons. The van der Waals surface area contributed by atoms with E-state index in [1.807, 2.05) is 43.3 Å². The van der Waals surface area contributed by atoms with Gasteiger partial charge >= 0.3 is 0 Å². The molecule has 0 aliphatic carbocycles. The van der Waals surface area contributed by atoms with Crippen LogP contribution in [0.4, 0.5) is 10.8 Å². The van der Waals surface area contributed by atoms with E-state index >= 15 is 0 Å². The minimum Gasteiger partial charge on any atom is -0.349 e. The maximum absolute atomic E-state index is 12.4. The lowest BCUT2D eigenvalue weighted by molar-refractivity contribution is -0.116. The summed E-state index contributed by atoms with van der Waals surface area (Å²) in [6, 6.07) is 14.5. The van der Waals surface area contributed by atoms with Crippen LogP contribution in [0, 0.1) is 0 Å². The molecule has 2 aromatic carbocycles. The van der Waals surface area contributed by atoms with Gasteiger partial charge in [-0.15, -0.1) is 0 Å². The van der Waals surface area contributed by atoms with Crippen molar-refractivity contribution in [2.45, 2.75) is 32.2 Å². The molecule has 4 rings (SSSR count). The number of anilines is 2. The molecule has 0 spiro atoms. The van der Waals surface area contributed by atoms with Crippen molar-refractivity contribution in [2.75, 3.05) is 23.3 Å². The number of nitrogens with one attached hydrogen (secondary N) is 2. The summed E-state index contributed by atoms with van der Waals surface area (Å²) in [5, 5.41) is 6.85. The second-order valence-electron chi connectivity index (χ2n) is 7.37. The third kappa shape index (κ3) is 4.74. The van der Waals surface area contributed by atoms with E-state index in [-0.39, 0.29) is 24.3 Å². The van der Waals surface area contributed by atoms with E-state index in [0.29, 0.717) is 5.56 Å². The van der Waals surface area contributed by atoms with Crippen molar-refractivity contribution in [1.29, 1.82) is 0 Å². The lowest BCUT2D eigenvalue weighted by Crippen LogP contribution is -2.35. The van der Waals surface area contributed by atoms with E-state index < -0.39 is 0 Å². The number of carbonyl (C=O) groups is 2. The first kappa shape index (κ1) is 19.4. The Morgan fingerprint density at radius 2 is 1.90 bits per heavy atom. The molecule has 2 heterocycles. The largest absolute Gasteiger partial charge is 0.349 e. The molecule has 0 bridgehead atoms. The van der Waals surface area contributed by atoms with E-state index in [1.54, 1.807) is 23.5 Å². The van der Waals surface area contributed by atoms with Crippen molar-refractivity contribution in [1.82, 2.24) is 10.3 Å². The molecule has 7 heteroatoms. The first-order chi connectivity index (χ1) is 14.1. The van der Waals surface area contributed by atoms with Crippen LogP contribution in [0.5, 0.6) is 0 Å². The number of rotatable bonds is 6. The van der Waals surface area contributed by atoms with Crippen LogP contribution in [0.25, 0.3) is 10.2 Å². The molecule has 1 aliphatic rings. The summed E-state index contributed by atoms with van der Waals surface area (Å²) in [4.78, 5) is 31.6. The molecule has 1 aliphatic heterocycles. The minimum atomic E-state index is -0.267. The number of thiazole rings is 1. The van der Waals surface area contributed by atoms with Crippen LogP contribution >= 0.6 is 11.3 Å². The number of aromatic nitrogens is 1. The zero-order chi connectivity index (χ0) is 20.2. The Labute approximate surface area is 173 Å². The number of nitrogens with zero attached hydrogens (tertiary/aromatic N) is 2. The van der Waals surface area contributed by atoms with Gasteiger partial charge in [-0.05, 0) is 50.1 Å². The normalized spacial score (nSPS) is 14.7. The van der Waals surface area contributed by atoms with Crippen LogP contribution in [-0.2, 0) is 4.79 Å². The van der Waals surface area contributed by atoms with Gasteiger partial charge in [-0.1, -0.05) is 29.5 Å². The first-order valence-corrected chi connectivity index (χ1v) is 10.7. The maximum atomic E-state index is 12.4. The zero-order valence-electron chi connectivity index (χ0n) is 16.4. The van der Waals surface area contributed by atoms with Gasteiger partial charge in [0.15, 0.2) is 5.13 Å². The van der Waals surface area contributed by atoms with Crippen molar-refractivity contribution in [3.05, 3.63) is 54.1 Å². The number of amides is 2. The summed E-state index contributed by atoms with van der Waals surface area (Å²) in [6.07, 6.45) is 2.64. The molecule has 1 fully saturated rings. The fourth-order valence-electron chi connectivity index (χ4n) is 3.47. The predicted octanol–water partition coefficient (Wildman–Crippen LogP) is 4.04. The number of hydrogen-bond donors (Lipinski definition) is 2. The van der Waals surface area contributed by atoms with Gasteiger partial charge in [0.2, 0.25) is 5.91 Å². The van der Waals surface area contributed by atoms with Gasteiger partial charge in [0, 0.05) is 36.8 Å². The van der Waals surface area contributed by atoms with E-state index in [4.69, 9.17) is 4.98 Å².